The highest BCUT2D eigenvalue weighted by molar-refractivity contribution is 7.16. The lowest BCUT2D eigenvalue weighted by Crippen LogP contribution is -2.33. The van der Waals surface area contributed by atoms with Crippen LogP contribution in [0.1, 0.15) is 11.3 Å². The van der Waals surface area contributed by atoms with E-state index < -0.39 is 0 Å². The predicted octanol–water partition coefficient (Wildman–Crippen LogP) is 1.47. The molecule has 0 spiro atoms. The first kappa shape index (κ1) is 10.3. The van der Waals surface area contributed by atoms with Crippen molar-refractivity contribution in [3.05, 3.63) is 10.0 Å². The highest BCUT2D eigenvalue weighted by Gasteiger charge is 2.38. The van der Waals surface area contributed by atoms with Crippen molar-refractivity contribution in [2.45, 2.75) is 12.5 Å². The van der Waals surface area contributed by atoms with E-state index in [-0.39, 0.29) is 0 Å². The summed E-state index contributed by atoms with van der Waals surface area (Å²) in [6, 6.07) is 2.62. The van der Waals surface area contributed by atoms with Crippen LogP contribution in [0.25, 0.3) is 0 Å². The number of halogens is 1. The Balaban J connectivity index is 1.89. The van der Waals surface area contributed by atoms with Crippen molar-refractivity contribution in [3.63, 3.8) is 0 Å². The molecule has 84 valence electrons. The van der Waals surface area contributed by atoms with Crippen LogP contribution in [0.4, 0.5) is 5.13 Å². The van der Waals surface area contributed by atoms with Gasteiger partial charge in [-0.1, -0.05) is 22.9 Å². The van der Waals surface area contributed by atoms with Crippen LogP contribution in [0.2, 0.25) is 5.15 Å². The van der Waals surface area contributed by atoms with Crippen LogP contribution in [-0.4, -0.2) is 30.7 Å². The average molecular weight is 255 g/mol. The predicted molar refractivity (Wildman–Crippen MR) is 63.9 cm³/mol. The van der Waals surface area contributed by atoms with Gasteiger partial charge in [0.15, 0.2) is 10.3 Å². The summed E-state index contributed by atoms with van der Waals surface area (Å²) in [5.41, 5.74) is 0. The van der Waals surface area contributed by atoms with Gasteiger partial charge in [-0.2, -0.15) is 5.26 Å². The molecule has 0 aliphatic carbocycles. The van der Waals surface area contributed by atoms with Crippen LogP contribution < -0.4 is 10.2 Å². The Hall–Kier alpha value is -0.830. The third-order valence-corrected chi connectivity index (χ3v) is 4.75. The molecular weight excluding hydrogens is 244 g/mol. The Kier molecular flexibility index (Phi) is 2.51. The van der Waals surface area contributed by atoms with E-state index in [2.05, 4.69) is 21.3 Å². The van der Waals surface area contributed by atoms with Crippen molar-refractivity contribution in [2.75, 3.05) is 24.5 Å². The van der Waals surface area contributed by atoms with Gasteiger partial charge in [0, 0.05) is 25.7 Å². The van der Waals surface area contributed by atoms with Gasteiger partial charge in [-0.3, -0.25) is 0 Å². The summed E-state index contributed by atoms with van der Waals surface area (Å²) in [5, 5.41) is 13.5. The zero-order valence-corrected chi connectivity index (χ0v) is 10.2. The third-order valence-electron chi connectivity index (χ3n) is 3.37. The molecule has 0 aromatic carbocycles. The minimum atomic E-state index is 0.344. The number of aromatic nitrogens is 1. The lowest BCUT2D eigenvalue weighted by molar-refractivity contribution is 0.578. The zero-order valence-electron chi connectivity index (χ0n) is 8.61. The van der Waals surface area contributed by atoms with Gasteiger partial charge in [0.1, 0.15) is 10.9 Å². The van der Waals surface area contributed by atoms with E-state index in [0.717, 1.165) is 30.7 Å². The number of nitriles is 1. The molecular formula is C10H11ClN4S. The van der Waals surface area contributed by atoms with Gasteiger partial charge in [0.05, 0.1) is 0 Å². The van der Waals surface area contributed by atoms with Gasteiger partial charge >= 0.3 is 0 Å². The quantitative estimate of drug-likeness (QED) is 0.825. The van der Waals surface area contributed by atoms with E-state index in [0.29, 0.717) is 16.1 Å². The number of nitrogens with one attached hydrogen (secondary N) is 1. The van der Waals surface area contributed by atoms with Crippen molar-refractivity contribution >= 4 is 28.1 Å². The standard InChI is InChI=1S/C10H11ClN4S/c11-9-8(3-12)16-10(14-9)15-2-1-6-4-13-5-7(6)15/h6-7,13H,1-2,4-5H2/t6-,7+/m0/s1. The summed E-state index contributed by atoms with van der Waals surface area (Å²) in [6.07, 6.45) is 1.21. The maximum atomic E-state index is 8.87. The van der Waals surface area contributed by atoms with E-state index in [9.17, 15) is 0 Å². The first-order chi connectivity index (χ1) is 7.79. The zero-order chi connectivity index (χ0) is 11.1. The van der Waals surface area contributed by atoms with Gasteiger partial charge in [-0.05, 0) is 12.3 Å². The number of thiazole rings is 1. The molecule has 0 radical (unpaired) electrons. The number of fused-ring (bicyclic) bond motifs is 1. The molecule has 2 fully saturated rings. The first-order valence-corrected chi connectivity index (χ1v) is 6.53. The van der Waals surface area contributed by atoms with E-state index in [1.165, 1.54) is 17.8 Å². The van der Waals surface area contributed by atoms with Crippen molar-refractivity contribution in [3.8, 4) is 6.07 Å². The molecule has 2 saturated heterocycles. The Bertz CT molecular complexity index is 452. The molecule has 4 nitrogen and oxygen atoms in total. The molecule has 0 amide bonds. The summed E-state index contributed by atoms with van der Waals surface area (Å²) in [5.74, 6) is 0.730. The molecule has 3 rings (SSSR count). The van der Waals surface area contributed by atoms with E-state index >= 15 is 0 Å². The fourth-order valence-corrected chi connectivity index (χ4v) is 3.70. The second-order valence-electron chi connectivity index (χ2n) is 4.20. The number of anilines is 1. The molecule has 0 unspecified atom stereocenters. The minimum Gasteiger partial charge on any atom is -0.343 e. The molecule has 1 aromatic heterocycles. The second-order valence-corrected chi connectivity index (χ2v) is 5.53. The summed E-state index contributed by atoms with van der Waals surface area (Å²) in [4.78, 5) is 7.10. The Morgan fingerprint density at radius 3 is 3.19 bits per heavy atom. The van der Waals surface area contributed by atoms with Crippen LogP contribution >= 0.6 is 22.9 Å². The molecule has 0 bridgehead atoms. The number of rotatable bonds is 1. The summed E-state index contributed by atoms with van der Waals surface area (Å²) in [7, 11) is 0. The summed E-state index contributed by atoms with van der Waals surface area (Å²) >= 11 is 7.30. The molecule has 16 heavy (non-hydrogen) atoms. The molecule has 3 heterocycles. The lowest BCUT2D eigenvalue weighted by Gasteiger charge is -2.22. The number of hydrogen-bond acceptors (Lipinski definition) is 5. The molecule has 2 aliphatic heterocycles. The van der Waals surface area contributed by atoms with Crippen LogP contribution in [0.15, 0.2) is 0 Å². The summed E-state index contributed by atoms with van der Waals surface area (Å²) < 4.78 is 0. The molecule has 2 atom stereocenters. The maximum absolute atomic E-state index is 8.87. The van der Waals surface area contributed by atoms with Crippen LogP contribution in [-0.2, 0) is 0 Å². The van der Waals surface area contributed by atoms with Crippen molar-refractivity contribution < 1.29 is 0 Å². The van der Waals surface area contributed by atoms with Gasteiger partial charge in [0.2, 0.25) is 0 Å². The Labute approximate surface area is 103 Å². The van der Waals surface area contributed by atoms with Crippen LogP contribution in [0, 0.1) is 17.2 Å². The van der Waals surface area contributed by atoms with Crippen molar-refractivity contribution in [1.29, 1.82) is 5.26 Å². The smallest absolute Gasteiger partial charge is 0.188 e. The highest BCUT2D eigenvalue weighted by atomic mass is 35.5. The van der Waals surface area contributed by atoms with E-state index in [4.69, 9.17) is 16.9 Å². The third kappa shape index (κ3) is 1.49. The lowest BCUT2D eigenvalue weighted by atomic mass is 10.1. The molecule has 6 heteroatoms. The van der Waals surface area contributed by atoms with Crippen molar-refractivity contribution in [2.24, 2.45) is 5.92 Å². The van der Waals surface area contributed by atoms with Gasteiger partial charge in [-0.15, -0.1) is 0 Å². The Morgan fingerprint density at radius 2 is 2.44 bits per heavy atom. The fourth-order valence-electron chi connectivity index (χ4n) is 2.57. The Morgan fingerprint density at radius 1 is 1.56 bits per heavy atom. The maximum Gasteiger partial charge on any atom is 0.188 e. The molecule has 1 aromatic rings. The molecule has 0 saturated carbocycles. The fraction of sp³-hybridized carbons (Fsp3) is 0.600. The van der Waals surface area contributed by atoms with Crippen LogP contribution in [0.5, 0.6) is 0 Å². The topological polar surface area (TPSA) is 52.0 Å². The molecule has 2 aliphatic rings. The largest absolute Gasteiger partial charge is 0.343 e. The van der Waals surface area contributed by atoms with E-state index in [1.807, 2.05) is 0 Å². The SMILES string of the molecule is N#Cc1sc(N2CC[C@H]3CNC[C@H]32)nc1Cl. The summed E-state index contributed by atoms with van der Waals surface area (Å²) in [6.45, 7) is 3.15. The number of hydrogen-bond donors (Lipinski definition) is 1. The first-order valence-electron chi connectivity index (χ1n) is 5.33. The van der Waals surface area contributed by atoms with E-state index in [1.54, 1.807) is 0 Å². The van der Waals surface area contributed by atoms with Gasteiger partial charge in [-0.25, -0.2) is 4.98 Å². The van der Waals surface area contributed by atoms with Crippen molar-refractivity contribution in [1.82, 2.24) is 10.3 Å². The monoisotopic (exact) mass is 254 g/mol. The van der Waals surface area contributed by atoms with Gasteiger partial charge in [0.25, 0.3) is 0 Å². The number of nitrogens with zero attached hydrogens (tertiary/aromatic N) is 3. The second kappa shape index (κ2) is 3.88. The average Bonchev–Trinajstić information content (AvgIpc) is 2.90. The molecule has 1 N–H and O–H groups in total. The normalized spacial score (nSPS) is 28.1. The van der Waals surface area contributed by atoms with Gasteiger partial charge < -0.3 is 10.2 Å². The highest BCUT2D eigenvalue weighted by Crippen LogP contribution is 2.36. The minimum absolute atomic E-state index is 0.344. The van der Waals surface area contributed by atoms with Crippen LogP contribution in [0.3, 0.4) is 0 Å².